The van der Waals surface area contributed by atoms with Gasteiger partial charge in [-0.15, -0.1) is 0 Å². The molecule has 4 N–H and O–H groups in total. The maximum Gasteiger partial charge on any atom is 0.167 e. The second-order valence-electron chi connectivity index (χ2n) is 6.75. The number of hydrogen-bond donors (Lipinski definition) is 4. The topological polar surface area (TPSA) is 126 Å². The van der Waals surface area contributed by atoms with Crippen LogP contribution in [0.4, 0.5) is 5.82 Å². The molecule has 2 aromatic heterocycles. The Bertz CT molecular complexity index is 732. The fourth-order valence-electron chi connectivity index (χ4n) is 3.69. The molecular weight excluding hydrogens is 326 g/mol. The summed E-state index contributed by atoms with van der Waals surface area (Å²) in [4.78, 5) is 13.0. The first kappa shape index (κ1) is 16.6. The Morgan fingerprint density at radius 2 is 1.92 bits per heavy atom. The predicted molar refractivity (Wildman–Crippen MR) is 88.8 cm³/mol. The SMILES string of the molecule is OC[C@H]1OC(n2cnc3c(NC4CCCCC4)ncnc32)[C@@H](O)[C@H]1O. The summed E-state index contributed by atoms with van der Waals surface area (Å²) >= 11 is 0. The van der Waals surface area contributed by atoms with E-state index >= 15 is 0 Å². The Kier molecular flexibility index (Phi) is 4.55. The van der Waals surface area contributed by atoms with Crippen molar-refractivity contribution < 1.29 is 20.1 Å². The number of imidazole rings is 1. The highest BCUT2D eigenvalue weighted by Crippen LogP contribution is 2.32. The number of aromatic nitrogens is 4. The third-order valence-corrected chi connectivity index (χ3v) is 5.10. The molecule has 0 amide bonds. The molecular formula is C16H23N5O4. The Morgan fingerprint density at radius 3 is 2.64 bits per heavy atom. The molecule has 9 heteroatoms. The van der Waals surface area contributed by atoms with E-state index in [1.807, 2.05) is 0 Å². The first-order valence-electron chi connectivity index (χ1n) is 8.75. The predicted octanol–water partition coefficient (Wildman–Crippen LogP) is 0.182. The molecule has 4 atom stereocenters. The molecule has 0 aromatic carbocycles. The smallest absolute Gasteiger partial charge is 0.167 e. The van der Waals surface area contributed by atoms with Gasteiger partial charge in [-0.2, -0.15) is 0 Å². The van der Waals surface area contributed by atoms with Crippen molar-refractivity contribution in [2.75, 3.05) is 11.9 Å². The van der Waals surface area contributed by atoms with Crippen LogP contribution in [0.5, 0.6) is 0 Å². The number of rotatable bonds is 4. The van der Waals surface area contributed by atoms with Gasteiger partial charge in [0.1, 0.15) is 24.6 Å². The van der Waals surface area contributed by atoms with E-state index in [1.165, 1.54) is 31.9 Å². The molecule has 2 aliphatic rings. The first-order valence-corrected chi connectivity index (χ1v) is 8.75. The summed E-state index contributed by atoms with van der Waals surface area (Å²) in [5, 5.41) is 32.9. The maximum absolute atomic E-state index is 10.2. The Balaban J connectivity index is 1.62. The number of nitrogens with zero attached hydrogens (tertiary/aromatic N) is 4. The van der Waals surface area contributed by atoms with Gasteiger partial charge in [0.25, 0.3) is 0 Å². The van der Waals surface area contributed by atoms with Gasteiger partial charge in [0.05, 0.1) is 12.9 Å². The molecule has 1 aliphatic heterocycles. The number of aliphatic hydroxyl groups excluding tert-OH is 3. The number of anilines is 1. The fraction of sp³-hybridized carbons (Fsp3) is 0.688. The quantitative estimate of drug-likeness (QED) is 0.616. The number of aliphatic hydroxyl groups is 3. The summed E-state index contributed by atoms with van der Waals surface area (Å²) in [6.45, 7) is -0.370. The van der Waals surface area contributed by atoms with Crippen LogP contribution in [-0.4, -0.2) is 65.8 Å². The summed E-state index contributed by atoms with van der Waals surface area (Å²) in [6.07, 6.45) is 4.88. The minimum Gasteiger partial charge on any atom is -0.394 e. The highest BCUT2D eigenvalue weighted by atomic mass is 16.6. The van der Waals surface area contributed by atoms with Gasteiger partial charge < -0.3 is 25.4 Å². The highest BCUT2D eigenvalue weighted by Gasteiger charge is 2.44. The molecule has 0 bridgehead atoms. The first-order chi connectivity index (χ1) is 12.2. The molecule has 9 nitrogen and oxygen atoms in total. The molecule has 4 rings (SSSR count). The van der Waals surface area contributed by atoms with Crippen LogP contribution in [0.1, 0.15) is 38.3 Å². The lowest BCUT2D eigenvalue weighted by Gasteiger charge is -2.23. The Labute approximate surface area is 144 Å². The second kappa shape index (κ2) is 6.83. The molecule has 1 saturated carbocycles. The van der Waals surface area contributed by atoms with Crippen LogP contribution in [0.2, 0.25) is 0 Å². The summed E-state index contributed by atoms with van der Waals surface area (Å²) in [5.74, 6) is 0.669. The summed E-state index contributed by atoms with van der Waals surface area (Å²) in [6, 6.07) is 0.380. The number of fused-ring (bicyclic) bond motifs is 1. The largest absolute Gasteiger partial charge is 0.394 e. The molecule has 2 aromatic rings. The van der Waals surface area contributed by atoms with Gasteiger partial charge in [0, 0.05) is 6.04 Å². The minimum absolute atomic E-state index is 0.370. The van der Waals surface area contributed by atoms with Crippen molar-refractivity contribution in [1.29, 1.82) is 0 Å². The molecule has 1 aliphatic carbocycles. The standard InChI is InChI=1S/C16H23N5O4/c22-6-10-12(23)13(24)16(25-10)21-8-19-11-14(17-7-18-15(11)21)20-9-4-2-1-3-5-9/h7-10,12-13,16,22-24H,1-6H2,(H,17,18,20)/t10-,12+,13+,16?/m1/s1. The minimum atomic E-state index is -1.17. The van der Waals surface area contributed by atoms with Crippen molar-refractivity contribution >= 4 is 17.0 Å². The van der Waals surface area contributed by atoms with Gasteiger partial charge in [0.2, 0.25) is 0 Å². The number of hydrogen-bond acceptors (Lipinski definition) is 8. The van der Waals surface area contributed by atoms with Gasteiger partial charge in [0.15, 0.2) is 23.2 Å². The molecule has 1 saturated heterocycles. The van der Waals surface area contributed by atoms with Gasteiger partial charge in [-0.25, -0.2) is 15.0 Å². The van der Waals surface area contributed by atoms with E-state index in [0.717, 1.165) is 12.8 Å². The fourth-order valence-corrected chi connectivity index (χ4v) is 3.69. The maximum atomic E-state index is 10.2. The van der Waals surface area contributed by atoms with Crippen LogP contribution in [0.25, 0.3) is 11.2 Å². The van der Waals surface area contributed by atoms with Crippen molar-refractivity contribution in [3.8, 4) is 0 Å². The van der Waals surface area contributed by atoms with Crippen molar-refractivity contribution in [3.05, 3.63) is 12.7 Å². The van der Waals surface area contributed by atoms with Crippen molar-refractivity contribution in [2.24, 2.45) is 0 Å². The van der Waals surface area contributed by atoms with Crippen LogP contribution in [0, 0.1) is 0 Å². The van der Waals surface area contributed by atoms with E-state index in [0.29, 0.717) is 23.0 Å². The van der Waals surface area contributed by atoms with Crippen LogP contribution in [0.3, 0.4) is 0 Å². The van der Waals surface area contributed by atoms with Crippen molar-refractivity contribution in [3.63, 3.8) is 0 Å². The number of ether oxygens (including phenoxy) is 1. The molecule has 2 fully saturated rings. The van der Waals surface area contributed by atoms with E-state index in [4.69, 9.17) is 4.74 Å². The van der Waals surface area contributed by atoms with E-state index in [-0.39, 0.29) is 6.61 Å². The summed E-state index contributed by atoms with van der Waals surface area (Å²) in [7, 11) is 0. The average Bonchev–Trinajstić information content (AvgIpc) is 3.18. The zero-order valence-corrected chi connectivity index (χ0v) is 13.8. The van der Waals surface area contributed by atoms with Gasteiger partial charge in [-0.05, 0) is 12.8 Å². The lowest BCUT2D eigenvalue weighted by molar-refractivity contribution is -0.0511. The van der Waals surface area contributed by atoms with E-state index < -0.39 is 24.5 Å². The summed E-state index contributed by atoms with van der Waals surface area (Å²) in [5.41, 5.74) is 1.12. The van der Waals surface area contributed by atoms with Crippen LogP contribution < -0.4 is 5.32 Å². The molecule has 136 valence electrons. The van der Waals surface area contributed by atoms with Gasteiger partial charge in [-0.3, -0.25) is 4.57 Å². The average molecular weight is 349 g/mol. The Hall–Kier alpha value is -1.81. The van der Waals surface area contributed by atoms with E-state index in [2.05, 4.69) is 20.3 Å². The van der Waals surface area contributed by atoms with Crippen molar-refractivity contribution in [1.82, 2.24) is 19.5 Å². The third-order valence-electron chi connectivity index (χ3n) is 5.10. The van der Waals surface area contributed by atoms with Crippen LogP contribution in [-0.2, 0) is 4.74 Å². The highest BCUT2D eigenvalue weighted by molar-refractivity contribution is 5.82. The van der Waals surface area contributed by atoms with Crippen LogP contribution >= 0.6 is 0 Å². The normalized spacial score (nSPS) is 30.8. The monoisotopic (exact) mass is 349 g/mol. The lowest BCUT2D eigenvalue weighted by Crippen LogP contribution is -2.33. The van der Waals surface area contributed by atoms with E-state index in [1.54, 1.807) is 4.57 Å². The third kappa shape index (κ3) is 2.97. The van der Waals surface area contributed by atoms with Crippen LogP contribution in [0.15, 0.2) is 12.7 Å². The van der Waals surface area contributed by atoms with Crippen molar-refractivity contribution in [2.45, 2.75) is 62.7 Å². The molecule has 0 spiro atoms. The summed E-state index contributed by atoms with van der Waals surface area (Å²) < 4.78 is 7.15. The van der Waals surface area contributed by atoms with Gasteiger partial charge in [-0.1, -0.05) is 19.3 Å². The Morgan fingerprint density at radius 1 is 1.12 bits per heavy atom. The lowest BCUT2D eigenvalue weighted by atomic mass is 9.95. The molecule has 1 unspecified atom stereocenters. The second-order valence-corrected chi connectivity index (χ2v) is 6.75. The zero-order chi connectivity index (χ0) is 17.4. The zero-order valence-electron chi connectivity index (χ0n) is 13.8. The van der Waals surface area contributed by atoms with E-state index in [9.17, 15) is 15.3 Å². The number of nitrogens with one attached hydrogen (secondary N) is 1. The molecule has 25 heavy (non-hydrogen) atoms. The molecule has 3 heterocycles. The van der Waals surface area contributed by atoms with Gasteiger partial charge >= 0.3 is 0 Å². The molecule has 0 radical (unpaired) electrons.